The van der Waals surface area contributed by atoms with Gasteiger partial charge in [0.2, 0.25) is 5.91 Å². The van der Waals surface area contributed by atoms with E-state index in [4.69, 9.17) is 0 Å². The highest BCUT2D eigenvalue weighted by Crippen LogP contribution is 2.11. The lowest BCUT2D eigenvalue weighted by atomic mass is 10.1. The maximum absolute atomic E-state index is 11.9. The summed E-state index contributed by atoms with van der Waals surface area (Å²) in [6, 6.07) is 0.720. The minimum Gasteiger partial charge on any atom is -0.337 e. The van der Waals surface area contributed by atoms with Gasteiger partial charge in [0, 0.05) is 31.6 Å². The number of rotatable bonds is 4. The van der Waals surface area contributed by atoms with E-state index < -0.39 is 0 Å². The molecule has 0 radical (unpaired) electrons. The van der Waals surface area contributed by atoms with Gasteiger partial charge in [0.05, 0.1) is 0 Å². The molecule has 1 heterocycles. The van der Waals surface area contributed by atoms with Crippen molar-refractivity contribution in [3.05, 3.63) is 12.7 Å². The average Bonchev–Trinajstić information content (AvgIpc) is 2.22. The normalized spacial score (nSPS) is 26.4. The molecule has 0 aromatic carbocycles. The fraction of sp³-hybridized carbons (Fsp3) is 0.750. The molecule has 0 aromatic rings. The summed E-state index contributed by atoms with van der Waals surface area (Å²) in [5.41, 5.74) is 0. The van der Waals surface area contributed by atoms with Crippen LogP contribution < -0.4 is 5.32 Å². The van der Waals surface area contributed by atoms with Crippen molar-refractivity contribution < 1.29 is 4.79 Å². The third-order valence-electron chi connectivity index (χ3n) is 3.15. The number of carbonyl (C=O) groups excluding carboxylic acids is 1. The molecule has 1 aliphatic rings. The Bertz CT molecular complexity index is 228. The van der Waals surface area contributed by atoms with E-state index in [0.29, 0.717) is 18.5 Å². The standard InChI is InChI=1S/C12H22N2O/c1-4-5-6-7-12(15)14-9-8-13-10(2)11(14)3/h4,10-11,13H,1,5-9H2,2-3H3. The molecule has 1 N–H and O–H groups in total. The Morgan fingerprint density at radius 2 is 2.33 bits per heavy atom. The van der Waals surface area contributed by atoms with Crippen LogP contribution in [0, 0.1) is 0 Å². The van der Waals surface area contributed by atoms with Gasteiger partial charge in [-0.1, -0.05) is 6.08 Å². The molecule has 86 valence electrons. The van der Waals surface area contributed by atoms with Gasteiger partial charge in [0.25, 0.3) is 0 Å². The lowest BCUT2D eigenvalue weighted by molar-refractivity contribution is -0.134. The Balaban J connectivity index is 2.40. The van der Waals surface area contributed by atoms with Crippen LogP contribution >= 0.6 is 0 Å². The minimum absolute atomic E-state index is 0.290. The first-order valence-corrected chi connectivity index (χ1v) is 5.80. The average molecular weight is 210 g/mol. The van der Waals surface area contributed by atoms with Crippen LogP contribution in [-0.4, -0.2) is 36.0 Å². The molecule has 2 unspecified atom stereocenters. The lowest BCUT2D eigenvalue weighted by Crippen LogP contribution is -2.57. The third-order valence-corrected chi connectivity index (χ3v) is 3.15. The van der Waals surface area contributed by atoms with Gasteiger partial charge >= 0.3 is 0 Å². The molecular weight excluding hydrogens is 188 g/mol. The number of allylic oxidation sites excluding steroid dienone is 1. The van der Waals surface area contributed by atoms with E-state index in [2.05, 4.69) is 25.7 Å². The molecule has 2 atom stereocenters. The Morgan fingerprint density at radius 1 is 1.60 bits per heavy atom. The summed E-state index contributed by atoms with van der Waals surface area (Å²) < 4.78 is 0. The van der Waals surface area contributed by atoms with Crippen molar-refractivity contribution >= 4 is 5.91 Å². The van der Waals surface area contributed by atoms with E-state index in [-0.39, 0.29) is 5.91 Å². The van der Waals surface area contributed by atoms with E-state index in [1.807, 2.05) is 11.0 Å². The largest absolute Gasteiger partial charge is 0.337 e. The van der Waals surface area contributed by atoms with Crippen molar-refractivity contribution in [2.45, 2.75) is 45.2 Å². The predicted molar refractivity (Wildman–Crippen MR) is 62.7 cm³/mol. The second-order valence-electron chi connectivity index (χ2n) is 4.25. The third kappa shape index (κ3) is 3.34. The summed E-state index contributed by atoms with van der Waals surface area (Å²) in [5.74, 6) is 0.290. The van der Waals surface area contributed by atoms with Gasteiger partial charge < -0.3 is 10.2 Å². The van der Waals surface area contributed by atoms with Crippen molar-refractivity contribution in [3.63, 3.8) is 0 Å². The highest BCUT2D eigenvalue weighted by atomic mass is 16.2. The highest BCUT2D eigenvalue weighted by Gasteiger charge is 2.27. The molecule has 1 rings (SSSR count). The van der Waals surface area contributed by atoms with Crippen molar-refractivity contribution in [1.29, 1.82) is 0 Å². The monoisotopic (exact) mass is 210 g/mol. The first-order chi connectivity index (χ1) is 7.16. The predicted octanol–water partition coefficient (Wildman–Crippen LogP) is 1.55. The highest BCUT2D eigenvalue weighted by molar-refractivity contribution is 5.76. The second kappa shape index (κ2) is 5.91. The number of piperazine rings is 1. The number of unbranched alkanes of at least 4 members (excludes halogenated alkanes) is 1. The quantitative estimate of drug-likeness (QED) is 0.564. The van der Waals surface area contributed by atoms with Crippen molar-refractivity contribution in [1.82, 2.24) is 10.2 Å². The number of hydrogen-bond acceptors (Lipinski definition) is 2. The van der Waals surface area contributed by atoms with Gasteiger partial charge in [-0.3, -0.25) is 4.79 Å². The van der Waals surface area contributed by atoms with Crippen LogP contribution in [0.25, 0.3) is 0 Å². The zero-order valence-corrected chi connectivity index (χ0v) is 9.83. The van der Waals surface area contributed by atoms with Crippen LogP contribution in [0.4, 0.5) is 0 Å². The number of hydrogen-bond donors (Lipinski definition) is 1. The fourth-order valence-corrected chi connectivity index (χ4v) is 1.95. The van der Waals surface area contributed by atoms with Gasteiger partial charge in [-0.25, -0.2) is 0 Å². The van der Waals surface area contributed by atoms with Crippen LogP contribution in [0.1, 0.15) is 33.1 Å². The van der Waals surface area contributed by atoms with Gasteiger partial charge in [0.1, 0.15) is 0 Å². The molecule has 0 aliphatic carbocycles. The molecule has 1 aliphatic heterocycles. The summed E-state index contributed by atoms with van der Waals surface area (Å²) in [6.45, 7) is 9.67. The maximum atomic E-state index is 11.9. The summed E-state index contributed by atoms with van der Waals surface area (Å²) in [7, 11) is 0. The zero-order chi connectivity index (χ0) is 11.3. The smallest absolute Gasteiger partial charge is 0.222 e. The van der Waals surface area contributed by atoms with E-state index in [1.165, 1.54) is 0 Å². The number of nitrogens with zero attached hydrogens (tertiary/aromatic N) is 1. The number of amides is 1. The minimum atomic E-state index is 0.290. The van der Waals surface area contributed by atoms with Gasteiger partial charge in [-0.15, -0.1) is 6.58 Å². The molecular formula is C12H22N2O. The Morgan fingerprint density at radius 3 is 3.00 bits per heavy atom. The molecule has 1 fully saturated rings. The maximum Gasteiger partial charge on any atom is 0.222 e. The molecule has 0 aromatic heterocycles. The first kappa shape index (κ1) is 12.2. The van der Waals surface area contributed by atoms with Crippen molar-refractivity contribution in [3.8, 4) is 0 Å². The molecule has 3 heteroatoms. The van der Waals surface area contributed by atoms with Gasteiger partial charge in [0.15, 0.2) is 0 Å². The van der Waals surface area contributed by atoms with Crippen molar-refractivity contribution in [2.75, 3.05) is 13.1 Å². The zero-order valence-electron chi connectivity index (χ0n) is 9.83. The van der Waals surface area contributed by atoms with Crippen molar-refractivity contribution in [2.24, 2.45) is 0 Å². The van der Waals surface area contributed by atoms with E-state index in [9.17, 15) is 4.79 Å². The van der Waals surface area contributed by atoms with Crippen LogP contribution in [0.3, 0.4) is 0 Å². The molecule has 3 nitrogen and oxygen atoms in total. The lowest BCUT2D eigenvalue weighted by Gasteiger charge is -2.38. The van der Waals surface area contributed by atoms with Crippen LogP contribution in [0.5, 0.6) is 0 Å². The van der Waals surface area contributed by atoms with Crippen LogP contribution in [0.15, 0.2) is 12.7 Å². The summed E-state index contributed by atoms with van der Waals surface area (Å²) in [4.78, 5) is 13.9. The van der Waals surface area contributed by atoms with E-state index >= 15 is 0 Å². The van der Waals surface area contributed by atoms with Gasteiger partial charge in [-0.05, 0) is 26.7 Å². The topological polar surface area (TPSA) is 32.3 Å². The summed E-state index contributed by atoms with van der Waals surface area (Å²) >= 11 is 0. The summed E-state index contributed by atoms with van der Waals surface area (Å²) in [6.07, 6.45) is 4.38. The van der Waals surface area contributed by atoms with Crippen LogP contribution in [-0.2, 0) is 4.79 Å². The molecule has 0 saturated carbocycles. The first-order valence-electron chi connectivity index (χ1n) is 5.80. The van der Waals surface area contributed by atoms with E-state index in [1.54, 1.807) is 0 Å². The molecule has 15 heavy (non-hydrogen) atoms. The number of nitrogens with one attached hydrogen (secondary N) is 1. The second-order valence-corrected chi connectivity index (χ2v) is 4.25. The Labute approximate surface area is 92.5 Å². The van der Waals surface area contributed by atoms with Crippen LogP contribution in [0.2, 0.25) is 0 Å². The molecule has 1 amide bonds. The van der Waals surface area contributed by atoms with E-state index in [0.717, 1.165) is 25.9 Å². The molecule has 0 spiro atoms. The Hall–Kier alpha value is -0.830. The Kier molecular flexibility index (Phi) is 4.82. The SMILES string of the molecule is C=CCCCC(=O)N1CCNC(C)C1C. The molecule has 1 saturated heterocycles. The fourth-order valence-electron chi connectivity index (χ4n) is 1.95. The van der Waals surface area contributed by atoms with Gasteiger partial charge in [-0.2, -0.15) is 0 Å². The molecule has 0 bridgehead atoms. The number of carbonyl (C=O) groups is 1. The summed E-state index contributed by atoms with van der Waals surface area (Å²) in [5, 5.41) is 3.37.